The Morgan fingerprint density at radius 2 is 1.83 bits per heavy atom. The van der Waals surface area contributed by atoms with Crippen molar-refractivity contribution in [2.45, 2.75) is 48.9 Å². The molecule has 3 aliphatic rings. The van der Waals surface area contributed by atoms with E-state index < -0.39 is 78.0 Å². The Kier molecular flexibility index (Phi) is 11.1. The molecule has 0 spiro atoms. The number of amides is 4. The number of nitrogens with one attached hydrogen (secondary N) is 4. The summed E-state index contributed by atoms with van der Waals surface area (Å²) in [4.78, 5) is 52.8. The number of benzene rings is 1. The van der Waals surface area contributed by atoms with Crippen LogP contribution in [0.15, 0.2) is 30.6 Å². The van der Waals surface area contributed by atoms with E-state index in [0.717, 1.165) is 17.0 Å². The first kappa shape index (κ1) is 38.4. The van der Waals surface area contributed by atoms with Gasteiger partial charge in [-0.05, 0) is 18.2 Å². The molecule has 1 aliphatic carbocycles. The highest BCUT2D eigenvalue weighted by Crippen LogP contribution is 2.53. The highest BCUT2D eigenvalue weighted by atomic mass is 35.5. The molecular formula is C30H33ClF5N9O7. The van der Waals surface area contributed by atoms with Crippen LogP contribution >= 0.6 is 11.6 Å². The Hall–Kier alpha value is -4.86. The molecule has 4 heterocycles. The van der Waals surface area contributed by atoms with Crippen molar-refractivity contribution in [3.8, 4) is 11.3 Å². The van der Waals surface area contributed by atoms with Crippen LogP contribution in [0.25, 0.3) is 11.3 Å². The monoisotopic (exact) mass is 761 g/mol. The van der Waals surface area contributed by atoms with E-state index in [1.807, 2.05) is 0 Å². The van der Waals surface area contributed by atoms with Gasteiger partial charge in [-0.25, -0.2) is 18.6 Å². The first-order valence-electron chi connectivity index (χ1n) is 15.5. The first-order valence-corrected chi connectivity index (χ1v) is 15.9. The SMILES string of the molecule is CO[C@@H]1CN(C(=O)N[C@@H]2CNC[C@H]2O)C[C@H]1NC(=O)c1ccc(NC(=O)c2ncc(-c3cn(C4CC4(F)F)nc3C(F)(F)F)n2C)cc1Cl.O=CO. The number of hydrogen-bond donors (Lipinski definition) is 6. The van der Waals surface area contributed by atoms with Crippen LogP contribution in [0.5, 0.6) is 0 Å². The number of likely N-dealkylation sites (tertiary alicyclic amines) is 1. The molecule has 2 aliphatic heterocycles. The predicted molar refractivity (Wildman–Crippen MR) is 171 cm³/mol. The number of aliphatic hydroxyl groups excluding tert-OH is 1. The third kappa shape index (κ3) is 8.11. The van der Waals surface area contributed by atoms with Crippen LogP contribution in [0, 0.1) is 0 Å². The van der Waals surface area contributed by atoms with Crippen LogP contribution < -0.4 is 21.3 Å². The number of β-amino-alcohol motifs (C(OH)–C–C–N with tert-alkyl or cyclic N) is 1. The van der Waals surface area contributed by atoms with Crippen LogP contribution in [0.3, 0.4) is 0 Å². The second-order valence-corrected chi connectivity index (χ2v) is 12.6. The van der Waals surface area contributed by atoms with Gasteiger partial charge in [0.1, 0.15) is 6.04 Å². The Balaban J connectivity index is 0.00000168. The third-order valence-electron chi connectivity index (χ3n) is 8.72. The zero-order chi connectivity index (χ0) is 38.1. The summed E-state index contributed by atoms with van der Waals surface area (Å²) in [6.45, 7) is 0.855. The van der Waals surface area contributed by atoms with Crippen molar-refractivity contribution >= 4 is 41.6 Å². The zero-order valence-electron chi connectivity index (χ0n) is 27.3. The van der Waals surface area contributed by atoms with Gasteiger partial charge in [0.05, 0.1) is 58.9 Å². The number of aliphatic hydroxyl groups is 1. The number of aromatic nitrogens is 4. The maximum absolute atomic E-state index is 13.8. The van der Waals surface area contributed by atoms with E-state index in [2.05, 4.69) is 31.3 Å². The summed E-state index contributed by atoms with van der Waals surface area (Å²) in [7, 11) is 2.74. The van der Waals surface area contributed by atoms with E-state index in [9.17, 15) is 41.4 Å². The Morgan fingerprint density at radius 3 is 2.40 bits per heavy atom. The third-order valence-corrected chi connectivity index (χ3v) is 9.03. The Morgan fingerprint density at radius 1 is 1.13 bits per heavy atom. The molecule has 52 heavy (non-hydrogen) atoms. The van der Waals surface area contributed by atoms with Gasteiger partial charge in [0.15, 0.2) is 11.5 Å². The summed E-state index contributed by atoms with van der Waals surface area (Å²) in [5.41, 5.74) is -1.90. The largest absolute Gasteiger partial charge is 0.483 e. The van der Waals surface area contributed by atoms with Crippen molar-refractivity contribution in [2.24, 2.45) is 7.05 Å². The van der Waals surface area contributed by atoms with Crippen LogP contribution in [-0.4, -0.2) is 122 Å². The summed E-state index contributed by atoms with van der Waals surface area (Å²) < 4.78 is 75.6. The fourth-order valence-corrected chi connectivity index (χ4v) is 6.16. The summed E-state index contributed by atoms with van der Waals surface area (Å²) in [5, 5.41) is 31.3. The number of carbonyl (C=O) groups excluding carboxylic acids is 3. The second kappa shape index (κ2) is 15.0. The average Bonchev–Trinajstić information content (AvgIpc) is 3.62. The lowest BCUT2D eigenvalue weighted by molar-refractivity contribution is -0.141. The smallest absolute Gasteiger partial charge is 0.435 e. The summed E-state index contributed by atoms with van der Waals surface area (Å²) in [6.07, 6.45) is -4.97. The number of nitrogens with zero attached hydrogens (tertiary/aromatic N) is 5. The number of methoxy groups -OCH3 is 1. The van der Waals surface area contributed by atoms with E-state index in [4.69, 9.17) is 26.2 Å². The molecule has 3 fully saturated rings. The molecule has 6 rings (SSSR count). The van der Waals surface area contributed by atoms with Crippen molar-refractivity contribution in [1.82, 2.24) is 40.2 Å². The Bertz CT molecular complexity index is 1840. The number of carboxylic acid groups (broad SMARTS) is 1. The van der Waals surface area contributed by atoms with E-state index in [1.54, 1.807) is 0 Å². The molecule has 2 saturated heterocycles. The predicted octanol–water partition coefficient (Wildman–Crippen LogP) is 1.96. The number of rotatable bonds is 8. The molecule has 3 aromatic rings. The molecule has 4 amide bonds. The van der Waals surface area contributed by atoms with E-state index in [1.165, 1.54) is 37.3 Å². The van der Waals surface area contributed by atoms with Gasteiger partial charge in [-0.1, -0.05) is 11.6 Å². The average molecular weight is 762 g/mol. The topological polar surface area (TPSA) is 205 Å². The fraction of sp³-hybridized carbons (Fsp3) is 0.467. The maximum atomic E-state index is 13.8. The van der Waals surface area contributed by atoms with E-state index >= 15 is 0 Å². The van der Waals surface area contributed by atoms with Gasteiger partial charge in [0, 0.05) is 52.1 Å². The van der Waals surface area contributed by atoms with Crippen LogP contribution in [0.1, 0.15) is 39.1 Å². The minimum absolute atomic E-state index is 0.0424. The lowest BCUT2D eigenvalue weighted by atomic mass is 10.1. The van der Waals surface area contributed by atoms with Crippen LogP contribution in [-0.2, 0) is 22.8 Å². The highest BCUT2D eigenvalue weighted by Gasteiger charge is 2.59. The molecule has 2 aromatic heterocycles. The normalized spacial score (nSPS) is 23.4. The lowest BCUT2D eigenvalue weighted by Gasteiger charge is -2.22. The zero-order valence-corrected chi connectivity index (χ0v) is 28.1. The molecule has 6 N–H and O–H groups in total. The van der Waals surface area contributed by atoms with Gasteiger partial charge < -0.3 is 45.7 Å². The number of halogens is 6. The molecule has 282 valence electrons. The van der Waals surface area contributed by atoms with Gasteiger partial charge in [-0.3, -0.25) is 19.1 Å². The lowest BCUT2D eigenvalue weighted by Crippen LogP contribution is -2.49. The van der Waals surface area contributed by atoms with Crippen molar-refractivity contribution in [1.29, 1.82) is 0 Å². The van der Waals surface area contributed by atoms with Crippen molar-refractivity contribution < 1.29 is 56.1 Å². The molecule has 0 bridgehead atoms. The van der Waals surface area contributed by atoms with Crippen LogP contribution in [0.2, 0.25) is 5.02 Å². The summed E-state index contributed by atoms with van der Waals surface area (Å²) in [6, 6.07) is 1.08. The highest BCUT2D eigenvalue weighted by molar-refractivity contribution is 6.34. The van der Waals surface area contributed by atoms with Gasteiger partial charge in [-0.2, -0.15) is 18.3 Å². The first-order chi connectivity index (χ1) is 24.5. The number of alkyl halides is 5. The maximum Gasteiger partial charge on any atom is 0.435 e. The van der Waals surface area contributed by atoms with E-state index in [-0.39, 0.29) is 47.4 Å². The molecule has 1 aromatic carbocycles. The molecule has 1 unspecified atom stereocenters. The number of imidazole rings is 1. The molecule has 16 nitrogen and oxygen atoms in total. The number of ether oxygens (including phenoxy) is 1. The number of urea groups is 1. The Labute approximate surface area is 296 Å². The number of hydrogen-bond acceptors (Lipinski definition) is 9. The number of carbonyl (C=O) groups is 4. The molecule has 5 atom stereocenters. The fourth-order valence-electron chi connectivity index (χ4n) is 5.89. The molecule has 22 heteroatoms. The summed E-state index contributed by atoms with van der Waals surface area (Å²) >= 11 is 6.39. The quantitative estimate of drug-likeness (QED) is 0.145. The van der Waals surface area contributed by atoms with Crippen molar-refractivity contribution in [2.75, 3.05) is 38.6 Å². The summed E-state index contributed by atoms with van der Waals surface area (Å²) in [5.74, 6) is -4.87. The van der Waals surface area contributed by atoms with E-state index in [0.29, 0.717) is 17.8 Å². The van der Waals surface area contributed by atoms with Gasteiger partial charge in [0.2, 0.25) is 0 Å². The minimum atomic E-state index is -4.96. The van der Waals surface area contributed by atoms with Crippen molar-refractivity contribution in [3.05, 3.63) is 52.7 Å². The second-order valence-electron chi connectivity index (χ2n) is 12.2. The van der Waals surface area contributed by atoms with Crippen LogP contribution in [0.4, 0.5) is 32.4 Å². The van der Waals surface area contributed by atoms with Gasteiger partial charge >= 0.3 is 12.2 Å². The standard InChI is InChI=1S/C29H31ClF5N9O5.CH2O2/c1-42-19(15-10-44(22-6-28(22,31)32)41-23(15)29(33,34)35)8-37-24(42)26(47)38-13-3-4-14(16(30)5-13)25(46)39-18-11-43(12-21(18)49-2)27(48)40-17-7-36-9-20(17)45;2-1-3/h3-5,8,10,17-18,20-22,36,45H,6-7,9,11-12H2,1-2H3,(H,38,47)(H,39,46)(H,40,48);1H,(H,2,3)/t17-,18-,20-,21-,22?;/m1./s1. The van der Waals surface area contributed by atoms with Gasteiger partial charge in [0.25, 0.3) is 24.2 Å². The molecule has 1 saturated carbocycles. The van der Waals surface area contributed by atoms with Gasteiger partial charge in [-0.15, -0.1) is 0 Å². The minimum Gasteiger partial charge on any atom is -0.483 e. The van der Waals surface area contributed by atoms with Crippen molar-refractivity contribution in [3.63, 3.8) is 0 Å². The molecule has 0 radical (unpaired) electrons. The molecular weight excluding hydrogens is 729 g/mol. The number of anilines is 1.